The van der Waals surface area contributed by atoms with E-state index < -0.39 is 5.56 Å². The fraction of sp³-hybridized carbons (Fsp3) is 0.345. The number of β-amino-alcohol motifs (C(OH)–C–C–N with tert-alkyl or cyclic N) is 1. The smallest absolute Gasteiger partial charge is 0.274 e. The first-order valence-electron chi connectivity index (χ1n) is 12.8. The summed E-state index contributed by atoms with van der Waals surface area (Å²) in [4.78, 5) is 47.7. The Morgan fingerprint density at radius 3 is 2.45 bits per heavy atom. The zero-order valence-electron chi connectivity index (χ0n) is 21.6. The SMILES string of the molecule is COc1c(C(=O)N(C)C2CCN(CCO)CC2)[nH]c2c1c(=O)n(CC(=O)c1ccccc1)c1ccccc21. The molecule has 0 bridgehead atoms. The van der Waals surface area contributed by atoms with Crippen LogP contribution in [0.25, 0.3) is 21.8 Å². The summed E-state index contributed by atoms with van der Waals surface area (Å²) in [7, 11) is 3.22. The van der Waals surface area contributed by atoms with Gasteiger partial charge in [0.2, 0.25) is 0 Å². The van der Waals surface area contributed by atoms with Gasteiger partial charge in [-0.25, -0.2) is 0 Å². The number of benzene rings is 2. The number of ether oxygens (including phenoxy) is 1. The number of carbonyl (C=O) groups is 2. The lowest BCUT2D eigenvalue weighted by Gasteiger charge is -2.36. The van der Waals surface area contributed by atoms with Crippen LogP contribution in [-0.2, 0) is 6.54 Å². The molecule has 5 rings (SSSR count). The number of piperidine rings is 1. The fourth-order valence-corrected chi connectivity index (χ4v) is 5.44. The highest BCUT2D eigenvalue weighted by molar-refractivity contribution is 6.11. The Kier molecular flexibility index (Phi) is 7.31. The van der Waals surface area contributed by atoms with E-state index >= 15 is 0 Å². The van der Waals surface area contributed by atoms with Crippen LogP contribution in [0.2, 0.25) is 0 Å². The molecule has 0 radical (unpaired) electrons. The minimum absolute atomic E-state index is 0.0328. The third-order valence-electron chi connectivity index (χ3n) is 7.53. The summed E-state index contributed by atoms with van der Waals surface area (Å²) >= 11 is 0. The van der Waals surface area contributed by atoms with Gasteiger partial charge in [-0.15, -0.1) is 0 Å². The summed E-state index contributed by atoms with van der Waals surface area (Å²) in [6.45, 7) is 2.22. The maximum Gasteiger partial charge on any atom is 0.274 e. The van der Waals surface area contributed by atoms with E-state index in [0.29, 0.717) is 23.1 Å². The maximum absolute atomic E-state index is 13.9. The number of hydrogen-bond acceptors (Lipinski definition) is 6. The van der Waals surface area contributed by atoms with Crippen LogP contribution in [-0.4, -0.2) is 82.6 Å². The number of rotatable bonds is 8. The van der Waals surface area contributed by atoms with Crippen molar-refractivity contribution in [2.45, 2.75) is 25.4 Å². The lowest BCUT2D eigenvalue weighted by molar-refractivity contribution is 0.0618. The van der Waals surface area contributed by atoms with Crippen molar-refractivity contribution in [3.63, 3.8) is 0 Å². The summed E-state index contributed by atoms with van der Waals surface area (Å²) in [6, 6.07) is 16.2. The molecule has 1 fully saturated rings. The number of pyridine rings is 1. The molecular weight excluding hydrogens is 484 g/mol. The predicted molar refractivity (Wildman–Crippen MR) is 146 cm³/mol. The van der Waals surface area contributed by atoms with E-state index in [4.69, 9.17) is 4.74 Å². The minimum Gasteiger partial charge on any atom is -0.493 e. The number of amides is 1. The molecule has 38 heavy (non-hydrogen) atoms. The molecule has 4 aromatic rings. The second-order valence-electron chi connectivity index (χ2n) is 9.69. The quantitative estimate of drug-likeness (QED) is 0.349. The number of H-pyrrole nitrogens is 1. The molecule has 2 aromatic carbocycles. The van der Waals surface area contributed by atoms with Crippen LogP contribution < -0.4 is 10.3 Å². The molecule has 9 nitrogen and oxygen atoms in total. The summed E-state index contributed by atoms with van der Waals surface area (Å²) < 4.78 is 7.12. The lowest BCUT2D eigenvalue weighted by Crippen LogP contribution is -2.46. The number of aliphatic hydroxyl groups is 1. The fourth-order valence-electron chi connectivity index (χ4n) is 5.44. The predicted octanol–water partition coefficient (Wildman–Crippen LogP) is 2.90. The number of likely N-dealkylation sites (tertiary alicyclic amines) is 1. The molecule has 0 atom stereocenters. The van der Waals surface area contributed by atoms with E-state index in [2.05, 4.69) is 9.88 Å². The number of Topliss-reactive ketones (excluding diaryl/α,β-unsaturated/α-hetero) is 1. The Bertz CT molecular complexity index is 1530. The van der Waals surface area contributed by atoms with E-state index in [1.165, 1.54) is 11.7 Å². The second-order valence-corrected chi connectivity index (χ2v) is 9.69. The second kappa shape index (κ2) is 10.8. The first-order chi connectivity index (χ1) is 18.4. The number of aromatic nitrogens is 2. The first-order valence-corrected chi connectivity index (χ1v) is 12.8. The number of para-hydroxylation sites is 1. The van der Waals surface area contributed by atoms with Crippen LogP contribution in [0.4, 0.5) is 0 Å². The molecule has 1 aliphatic heterocycles. The molecule has 0 saturated carbocycles. The van der Waals surface area contributed by atoms with Crippen molar-refractivity contribution in [3.05, 3.63) is 76.2 Å². The van der Waals surface area contributed by atoms with Gasteiger partial charge in [0.15, 0.2) is 11.5 Å². The Labute approximate surface area is 220 Å². The van der Waals surface area contributed by atoms with Crippen LogP contribution >= 0.6 is 0 Å². The third kappa shape index (κ3) is 4.59. The topological polar surface area (TPSA) is 108 Å². The van der Waals surface area contributed by atoms with E-state index in [0.717, 1.165) is 31.3 Å². The molecule has 0 unspecified atom stereocenters. The van der Waals surface area contributed by atoms with Crippen LogP contribution in [0.1, 0.15) is 33.7 Å². The molecule has 2 N–H and O–H groups in total. The van der Waals surface area contributed by atoms with Crippen molar-refractivity contribution in [2.24, 2.45) is 0 Å². The Morgan fingerprint density at radius 1 is 1.08 bits per heavy atom. The maximum atomic E-state index is 13.9. The summed E-state index contributed by atoms with van der Waals surface area (Å²) in [6.07, 6.45) is 1.59. The van der Waals surface area contributed by atoms with Crippen molar-refractivity contribution in [2.75, 3.05) is 40.4 Å². The van der Waals surface area contributed by atoms with Crippen molar-refractivity contribution >= 4 is 33.5 Å². The van der Waals surface area contributed by atoms with Gasteiger partial charge in [-0.2, -0.15) is 0 Å². The van der Waals surface area contributed by atoms with Crippen molar-refractivity contribution < 1.29 is 19.4 Å². The largest absolute Gasteiger partial charge is 0.493 e. The Morgan fingerprint density at radius 2 is 1.76 bits per heavy atom. The molecule has 1 saturated heterocycles. The number of fused-ring (bicyclic) bond motifs is 3. The highest BCUT2D eigenvalue weighted by atomic mass is 16.5. The van der Waals surface area contributed by atoms with Crippen LogP contribution in [0.15, 0.2) is 59.4 Å². The average molecular weight is 517 g/mol. The number of nitrogens with one attached hydrogen (secondary N) is 1. The molecule has 1 amide bonds. The molecule has 1 aliphatic rings. The Balaban J connectivity index is 1.56. The molecule has 198 valence electrons. The molecule has 9 heteroatoms. The summed E-state index contributed by atoms with van der Waals surface area (Å²) in [5.74, 6) is -0.254. The first kappa shape index (κ1) is 25.7. The van der Waals surface area contributed by atoms with Gasteiger partial charge in [-0.3, -0.25) is 19.0 Å². The molecule has 0 spiro atoms. The summed E-state index contributed by atoms with van der Waals surface area (Å²) in [5, 5.41) is 10.2. The minimum atomic E-state index is -0.393. The van der Waals surface area contributed by atoms with Crippen molar-refractivity contribution in [3.8, 4) is 5.75 Å². The van der Waals surface area contributed by atoms with Crippen molar-refractivity contribution in [1.29, 1.82) is 0 Å². The molecule has 3 heterocycles. The van der Waals surface area contributed by atoms with E-state index in [1.807, 2.05) is 24.3 Å². The van der Waals surface area contributed by atoms with Crippen LogP contribution in [0, 0.1) is 0 Å². The average Bonchev–Trinajstić information content (AvgIpc) is 3.35. The van der Waals surface area contributed by atoms with Crippen LogP contribution in [0.3, 0.4) is 0 Å². The van der Waals surface area contributed by atoms with Gasteiger partial charge in [-0.1, -0.05) is 48.5 Å². The number of hydrogen-bond donors (Lipinski definition) is 2. The number of aromatic amines is 1. The molecule has 2 aromatic heterocycles. The van der Waals surface area contributed by atoms with E-state index in [1.54, 1.807) is 42.3 Å². The van der Waals surface area contributed by atoms with Crippen molar-refractivity contribution in [1.82, 2.24) is 19.4 Å². The zero-order valence-corrected chi connectivity index (χ0v) is 21.6. The van der Waals surface area contributed by atoms with Gasteiger partial charge in [0.25, 0.3) is 11.5 Å². The lowest BCUT2D eigenvalue weighted by atomic mass is 10.0. The number of carbonyl (C=O) groups excluding carboxylic acids is 2. The summed E-state index contributed by atoms with van der Waals surface area (Å²) in [5.41, 5.74) is 1.46. The van der Waals surface area contributed by atoms with Gasteiger partial charge in [0, 0.05) is 43.7 Å². The number of nitrogens with zero attached hydrogens (tertiary/aromatic N) is 3. The highest BCUT2D eigenvalue weighted by Gasteiger charge is 2.31. The third-order valence-corrected chi connectivity index (χ3v) is 7.53. The number of methoxy groups -OCH3 is 1. The van der Waals surface area contributed by atoms with Gasteiger partial charge < -0.3 is 24.6 Å². The van der Waals surface area contributed by atoms with E-state index in [9.17, 15) is 19.5 Å². The van der Waals surface area contributed by atoms with Gasteiger partial charge >= 0.3 is 0 Å². The van der Waals surface area contributed by atoms with Gasteiger partial charge in [0.05, 0.1) is 31.3 Å². The Hall–Kier alpha value is -3.95. The van der Waals surface area contributed by atoms with E-state index in [-0.39, 0.29) is 47.7 Å². The normalized spacial score (nSPS) is 14.7. The standard InChI is InChI=1S/C29H32N4O5/c1-31(20-12-14-32(15-13-20)16-17-34)29(37)26-27(38-2)24-25(30-26)21-10-6-7-11-22(21)33(28(24)36)18-23(35)19-8-4-3-5-9-19/h3-11,20,30,34H,12-18H2,1-2H3. The monoisotopic (exact) mass is 516 g/mol. The van der Waals surface area contributed by atoms with Gasteiger partial charge in [0.1, 0.15) is 11.1 Å². The van der Waals surface area contributed by atoms with Gasteiger partial charge in [-0.05, 0) is 18.9 Å². The molecule has 0 aliphatic carbocycles. The number of ketones is 1. The highest BCUT2D eigenvalue weighted by Crippen LogP contribution is 2.33. The molecular formula is C29H32N4O5. The van der Waals surface area contributed by atoms with Crippen LogP contribution in [0.5, 0.6) is 5.75 Å². The number of aliphatic hydroxyl groups excluding tert-OH is 1. The zero-order chi connectivity index (χ0) is 26.8.